The number of carbonyl (C=O) groups excluding carboxylic acids is 1. The summed E-state index contributed by atoms with van der Waals surface area (Å²) in [4.78, 5) is 25.5. The number of aromatic nitrogens is 2. The molecule has 1 fully saturated rings. The van der Waals surface area contributed by atoms with Gasteiger partial charge in [0.25, 0.3) is 5.91 Å². The van der Waals surface area contributed by atoms with Crippen molar-refractivity contribution in [2.24, 2.45) is 0 Å². The van der Waals surface area contributed by atoms with E-state index in [0.29, 0.717) is 19.0 Å². The molecule has 31 heavy (non-hydrogen) atoms. The molecule has 0 N–H and O–H groups in total. The fourth-order valence-corrected chi connectivity index (χ4v) is 3.66. The van der Waals surface area contributed by atoms with Crippen LogP contribution in [0.25, 0.3) is 11.3 Å². The molecule has 0 atom stereocenters. The summed E-state index contributed by atoms with van der Waals surface area (Å²) in [5.41, 5.74) is 3.23. The third-order valence-corrected chi connectivity index (χ3v) is 5.59. The van der Waals surface area contributed by atoms with E-state index in [-0.39, 0.29) is 12.5 Å². The smallest absolute Gasteiger partial charge is 0.260 e. The molecule has 0 saturated carbocycles. The Hall–Kier alpha value is -3.41. The van der Waals surface area contributed by atoms with Gasteiger partial charge in [0.15, 0.2) is 6.61 Å². The van der Waals surface area contributed by atoms with Gasteiger partial charge in [0, 0.05) is 37.8 Å². The van der Waals surface area contributed by atoms with E-state index in [1.807, 2.05) is 53.4 Å². The summed E-state index contributed by atoms with van der Waals surface area (Å²) in [7, 11) is 0. The van der Waals surface area contributed by atoms with Crippen LogP contribution in [0.5, 0.6) is 5.75 Å². The van der Waals surface area contributed by atoms with E-state index < -0.39 is 0 Å². The monoisotopic (exact) mass is 416 g/mol. The molecule has 1 saturated heterocycles. The van der Waals surface area contributed by atoms with E-state index in [4.69, 9.17) is 4.74 Å². The van der Waals surface area contributed by atoms with Crippen molar-refractivity contribution >= 4 is 11.7 Å². The highest BCUT2D eigenvalue weighted by Gasteiger charge is 2.22. The van der Waals surface area contributed by atoms with Crippen LogP contribution in [0.2, 0.25) is 0 Å². The minimum absolute atomic E-state index is 0.0141. The Labute approximate surface area is 183 Å². The van der Waals surface area contributed by atoms with Crippen molar-refractivity contribution in [2.75, 3.05) is 37.7 Å². The predicted octanol–water partition coefficient (Wildman–Crippen LogP) is 3.99. The minimum Gasteiger partial charge on any atom is -0.484 e. The van der Waals surface area contributed by atoms with Gasteiger partial charge >= 0.3 is 0 Å². The van der Waals surface area contributed by atoms with E-state index in [1.54, 1.807) is 6.33 Å². The molecule has 2 heterocycles. The average Bonchev–Trinajstić information content (AvgIpc) is 2.83. The normalized spacial score (nSPS) is 14.0. The number of benzene rings is 2. The number of rotatable bonds is 6. The molecule has 0 bridgehead atoms. The molecule has 6 nitrogen and oxygen atoms in total. The van der Waals surface area contributed by atoms with E-state index in [0.717, 1.165) is 35.9 Å². The molecule has 0 unspecified atom stereocenters. The van der Waals surface area contributed by atoms with Crippen LogP contribution in [0.1, 0.15) is 25.3 Å². The molecule has 3 aromatic rings. The largest absolute Gasteiger partial charge is 0.484 e. The molecule has 0 spiro atoms. The van der Waals surface area contributed by atoms with Crippen LogP contribution in [0.4, 0.5) is 5.82 Å². The van der Waals surface area contributed by atoms with Crippen molar-refractivity contribution in [3.05, 3.63) is 72.6 Å². The summed E-state index contributed by atoms with van der Waals surface area (Å²) in [5, 5.41) is 0. The number of ether oxygens (including phenoxy) is 1. The highest BCUT2D eigenvalue weighted by atomic mass is 16.5. The Morgan fingerprint density at radius 3 is 2.35 bits per heavy atom. The van der Waals surface area contributed by atoms with Crippen LogP contribution in [0.15, 0.2) is 67.0 Å². The Kier molecular flexibility index (Phi) is 6.46. The van der Waals surface area contributed by atoms with Crippen molar-refractivity contribution in [3.63, 3.8) is 0 Å². The first kappa shape index (κ1) is 20.8. The van der Waals surface area contributed by atoms with Gasteiger partial charge in [-0.3, -0.25) is 4.79 Å². The maximum Gasteiger partial charge on any atom is 0.260 e. The number of carbonyl (C=O) groups is 1. The Morgan fingerprint density at radius 2 is 1.68 bits per heavy atom. The predicted molar refractivity (Wildman–Crippen MR) is 122 cm³/mol. The summed E-state index contributed by atoms with van der Waals surface area (Å²) < 4.78 is 5.71. The Bertz CT molecular complexity index is 998. The lowest BCUT2D eigenvalue weighted by molar-refractivity contribution is -0.133. The Balaban J connectivity index is 1.30. The topological polar surface area (TPSA) is 58.6 Å². The van der Waals surface area contributed by atoms with Crippen molar-refractivity contribution in [2.45, 2.75) is 19.8 Å². The molecule has 1 amide bonds. The number of nitrogens with zero attached hydrogens (tertiary/aromatic N) is 4. The number of piperazine rings is 1. The van der Waals surface area contributed by atoms with E-state index >= 15 is 0 Å². The fraction of sp³-hybridized carbons (Fsp3) is 0.320. The van der Waals surface area contributed by atoms with Gasteiger partial charge in [0.05, 0.1) is 5.69 Å². The van der Waals surface area contributed by atoms with E-state index in [1.165, 1.54) is 5.56 Å². The van der Waals surface area contributed by atoms with Crippen molar-refractivity contribution in [1.29, 1.82) is 0 Å². The SMILES string of the molecule is CC(C)c1ccc(OCC(=O)N2CCN(c3cc(-c4ccccc4)ncn3)CC2)cc1. The lowest BCUT2D eigenvalue weighted by Crippen LogP contribution is -2.50. The minimum atomic E-state index is 0.0141. The summed E-state index contributed by atoms with van der Waals surface area (Å²) in [6.45, 7) is 7.15. The van der Waals surface area contributed by atoms with Gasteiger partial charge in [-0.25, -0.2) is 9.97 Å². The van der Waals surface area contributed by atoms with E-state index in [2.05, 4.69) is 40.8 Å². The highest BCUT2D eigenvalue weighted by molar-refractivity contribution is 5.78. The van der Waals surface area contributed by atoms with Gasteiger partial charge in [0.2, 0.25) is 0 Å². The van der Waals surface area contributed by atoms with Crippen molar-refractivity contribution in [3.8, 4) is 17.0 Å². The molecule has 4 rings (SSSR count). The van der Waals surface area contributed by atoms with E-state index in [9.17, 15) is 4.79 Å². The molecule has 1 aliphatic rings. The van der Waals surface area contributed by atoms with Crippen LogP contribution in [0, 0.1) is 0 Å². The number of anilines is 1. The maximum absolute atomic E-state index is 12.6. The summed E-state index contributed by atoms with van der Waals surface area (Å²) >= 11 is 0. The first-order valence-corrected chi connectivity index (χ1v) is 10.7. The number of hydrogen-bond donors (Lipinski definition) is 0. The molecule has 160 valence electrons. The molecular weight excluding hydrogens is 388 g/mol. The number of amides is 1. The van der Waals surface area contributed by atoms with Crippen LogP contribution < -0.4 is 9.64 Å². The Morgan fingerprint density at radius 1 is 0.968 bits per heavy atom. The summed E-state index contributed by atoms with van der Waals surface area (Å²) in [5.74, 6) is 2.11. The third-order valence-electron chi connectivity index (χ3n) is 5.59. The van der Waals surface area contributed by atoms with Gasteiger partial charge in [-0.2, -0.15) is 0 Å². The van der Waals surface area contributed by atoms with Crippen molar-refractivity contribution < 1.29 is 9.53 Å². The zero-order valence-corrected chi connectivity index (χ0v) is 18.1. The molecule has 2 aromatic carbocycles. The fourth-order valence-electron chi connectivity index (χ4n) is 3.66. The second-order valence-corrected chi connectivity index (χ2v) is 8.01. The van der Waals surface area contributed by atoms with Gasteiger partial charge in [-0.05, 0) is 23.6 Å². The van der Waals surface area contributed by atoms with Gasteiger partial charge in [-0.15, -0.1) is 0 Å². The lowest BCUT2D eigenvalue weighted by atomic mass is 10.0. The lowest BCUT2D eigenvalue weighted by Gasteiger charge is -2.35. The molecule has 1 aliphatic heterocycles. The first-order chi connectivity index (χ1) is 15.1. The molecule has 6 heteroatoms. The van der Waals surface area contributed by atoms with Gasteiger partial charge in [0.1, 0.15) is 17.9 Å². The first-order valence-electron chi connectivity index (χ1n) is 10.7. The highest BCUT2D eigenvalue weighted by Crippen LogP contribution is 2.22. The van der Waals surface area contributed by atoms with Crippen LogP contribution in [-0.4, -0.2) is 53.6 Å². The summed E-state index contributed by atoms with van der Waals surface area (Å²) in [6, 6.07) is 20.1. The standard InChI is InChI=1S/C25H28N4O2/c1-19(2)20-8-10-22(11-9-20)31-17-25(30)29-14-12-28(13-15-29)24-16-23(26-18-27-24)21-6-4-3-5-7-21/h3-11,16,18-19H,12-15,17H2,1-2H3. The molecular formula is C25H28N4O2. The van der Waals surface area contributed by atoms with Crippen LogP contribution in [0.3, 0.4) is 0 Å². The average molecular weight is 417 g/mol. The summed E-state index contributed by atoms with van der Waals surface area (Å²) in [6.07, 6.45) is 1.60. The molecule has 1 aromatic heterocycles. The zero-order chi connectivity index (χ0) is 21.6. The van der Waals surface area contributed by atoms with Crippen LogP contribution >= 0.6 is 0 Å². The number of hydrogen-bond acceptors (Lipinski definition) is 5. The van der Waals surface area contributed by atoms with Gasteiger partial charge in [-0.1, -0.05) is 56.3 Å². The van der Waals surface area contributed by atoms with Gasteiger partial charge < -0.3 is 14.5 Å². The van der Waals surface area contributed by atoms with Crippen LogP contribution in [-0.2, 0) is 4.79 Å². The zero-order valence-electron chi connectivity index (χ0n) is 18.1. The second-order valence-electron chi connectivity index (χ2n) is 8.01. The molecule has 0 radical (unpaired) electrons. The third kappa shape index (κ3) is 5.20. The van der Waals surface area contributed by atoms with Crippen molar-refractivity contribution in [1.82, 2.24) is 14.9 Å². The second kappa shape index (κ2) is 9.60. The molecule has 0 aliphatic carbocycles. The maximum atomic E-state index is 12.6. The quantitative estimate of drug-likeness (QED) is 0.608.